The number of benzene rings is 2. The van der Waals surface area contributed by atoms with Crippen molar-refractivity contribution in [3.63, 3.8) is 0 Å². The largest absolute Gasteiger partial charge is 0.338 e. The van der Waals surface area contributed by atoms with Crippen LogP contribution in [0.1, 0.15) is 11.1 Å². The van der Waals surface area contributed by atoms with E-state index in [1.54, 1.807) is 12.1 Å². The van der Waals surface area contributed by atoms with Gasteiger partial charge in [0, 0.05) is 10.4 Å². The van der Waals surface area contributed by atoms with Crippen molar-refractivity contribution in [3.05, 3.63) is 62.6 Å². The third-order valence-electron chi connectivity index (χ3n) is 3.41. The summed E-state index contributed by atoms with van der Waals surface area (Å²) in [6, 6.07) is 11.6. The number of aryl methyl sites for hydroxylation is 2. The Labute approximate surface area is 144 Å². The zero-order valence-electron chi connectivity index (χ0n) is 12.0. The molecule has 0 saturated heterocycles. The van der Waals surface area contributed by atoms with Gasteiger partial charge in [0.15, 0.2) is 0 Å². The first-order valence-corrected chi connectivity index (χ1v) is 7.87. The number of nitrogens with one attached hydrogen (secondary N) is 1. The average Bonchev–Trinajstić information content (AvgIpc) is 2.43. The Morgan fingerprint density at radius 1 is 0.909 bits per heavy atom. The topological polar surface area (TPSA) is 24.9 Å². The van der Waals surface area contributed by atoms with Gasteiger partial charge in [-0.15, -0.1) is 0 Å². The summed E-state index contributed by atoms with van der Waals surface area (Å²) < 4.78 is 0. The quantitative estimate of drug-likeness (QED) is 0.566. The Morgan fingerprint density at radius 3 is 2.27 bits per heavy atom. The van der Waals surface area contributed by atoms with Gasteiger partial charge in [-0.2, -0.15) is 0 Å². The van der Waals surface area contributed by atoms with Gasteiger partial charge in [-0.25, -0.2) is 4.98 Å². The molecule has 0 spiro atoms. The summed E-state index contributed by atoms with van der Waals surface area (Å²) in [5.74, 6) is 0.726. The van der Waals surface area contributed by atoms with E-state index >= 15 is 0 Å². The number of aromatic nitrogens is 1. The fourth-order valence-corrected chi connectivity index (χ4v) is 3.20. The van der Waals surface area contributed by atoms with Crippen LogP contribution in [0.25, 0.3) is 10.9 Å². The molecule has 5 heteroatoms. The smallest absolute Gasteiger partial charge is 0.134 e. The molecule has 1 aromatic heterocycles. The molecule has 0 radical (unpaired) electrons. The maximum Gasteiger partial charge on any atom is 0.134 e. The lowest BCUT2D eigenvalue weighted by Gasteiger charge is -2.13. The molecular formula is C17H13Cl3N2. The van der Waals surface area contributed by atoms with E-state index in [-0.39, 0.29) is 0 Å². The van der Waals surface area contributed by atoms with Crippen molar-refractivity contribution in [3.8, 4) is 0 Å². The third kappa shape index (κ3) is 3.00. The van der Waals surface area contributed by atoms with Crippen molar-refractivity contribution >= 4 is 57.2 Å². The highest BCUT2D eigenvalue weighted by Gasteiger charge is 2.11. The molecule has 22 heavy (non-hydrogen) atoms. The minimum atomic E-state index is 0.461. The molecule has 0 aliphatic heterocycles. The van der Waals surface area contributed by atoms with E-state index in [2.05, 4.69) is 28.5 Å². The summed E-state index contributed by atoms with van der Waals surface area (Å²) in [5, 5.41) is 5.73. The summed E-state index contributed by atoms with van der Waals surface area (Å²) in [5.41, 5.74) is 3.71. The van der Waals surface area contributed by atoms with E-state index in [1.807, 2.05) is 19.9 Å². The molecule has 0 saturated carbocycles. The van der Waals surface area contributed by atoms with Gasteiger partial charge in [0.25, 0.3) is 0 Å². The highest BCUT2D eigenvalue weighted by Crippen LogP contribution is 2.36. The third-order valence-corrected chi connectivity index (χ3v) is 4.23. The van der Waals surface area contributed by atoms with Crippen molar-refractivity contribution in [2.24, 2.45) is 0 Å². The monoisotopic (exact) mass is 350 g/mol. The van der Waals surface area contributed by atoms with Crippen LogP contribution in [-0.4, -0.2) is 4.98 Å². The van der Waals surface area contributed by atoms with Crippen LogP contribution >= 0.6 is 34.8 Å². The highest BCUT2D eigenvalue weighted by atomic mass is 35.5. The van der Waals surface area contributed by atoms with Crippen LogP contribution < -0.4 is 5.32 Å². The molecule has 0 amide bonds. The first-order chi connectivity index (χ1) is 10.4. The van der Waals surface area contributed by atoms with E-state index < -0.39 is 0 Å². The van der Waals surface area contributed by atoms with Crippen molar-refractivity contribution in [1.82, 2.24) is 4.98 Å². The van der Waals surface area contributed by atoms with Gasteiger partial charge < -0.3 is 5.32 Å². The molecule has 2 aromatic carbocycles. The molecule has 0 fully saturated rings. The Bertz CT molecular complexity index is 852. The molecule has 0 atom stereocenters. The number of halogens is 3. The molecule has 1 heterocycles. The predicted molar refractivity (Wildman–Crippen MR) is 96.0 cm³/mol. The number of nitrogens with zero attached hydrogens (tertiary/aromatic N) is 1. The molecule has 1 N–H and O–H groups in total. The van der Waals surface area contributed by atoms with Crippen molar-refractivity contribution in [1.29, 1.82) is 0 Å². The Balaban J connectivity index is 2.09. The summed E-state index contributed by atoms with van der Waals surface area (Å²) in [6.07, 6.45) is 0. The van der Waals surface area contributed by atoms with Crippen molar-refractivity contribution in [2.45, 2.75) is 13.8 Å². The van der Waals surface area contributed by atoms with E-state index in [9.17, 15) is 0 Å². The standard InChI is InChI=1S/C17H13Cl3N2/c1-9-3-4-11-6-10(2)17(21-15(11)5-9)22-16-13(19)7-12(18)8-14(16)20/h3-8H,1-2H3,(H,21,22). The zero-order valence-corrected chi connectivity index (χ0v) is 14.3. The Hall–Kier alpha value is -1.48. The number of fused-ring (bicyclic) bond motifs is 1. The maximum absolute atomic E-state index is 6.22. The second kappa shape index (κ2) is 5.96. The van der Waals surface area contributed by atoms with Crippen LogP contribution in [0.3, 0.4) is 0 Å². The van der Waals surface area contributed by atoms with Crippen LogP contribution in [0.4, 0.5) is 11.5 Å². The fourth-order valence-electron chi connectivity index (χ4n) is 2.29. The maximum atomic E-state index is 6.22. The van der Waals surface area contributed by atoms with E-state index in [1.165, 1.54) is 0 Å². The van der Waals surface area contributed by atoms with Gasteiger partial charge in [0.05, 0.1) is 21.2 Å². The van der Waals surface area contributed by atoms with Crippen LogP contribution in [0.15, 0.2) is 36.4 Å². The lowest BCUT2D eigenvalue weighted by atomic mass is 10.1. The fraction of sp³-hybridized carbons (Fsp3) is 0.118. The summed E-state index contributed by atoms with van der Waals surface area (Å²) in [6.45, 7) is 4.04. The van der Waals surface area contributed by atoms with Gasteiger partial charge in [0.1, 0.15) is 5.82 Å². The lowest BCUT2D eigenvalue weighted by Crippen LogP contribution is -1.99. The first kappa shape index (κ1) is 15.4. The normalized spacial score (nSPS) is 11.0. The van der Waals surface area contributed by atoms with Gasteiger partial charge in [0.2, 0.25) is 0 Å². The molecule has 0 unspecified atom stereocenters. The molecule has 2 nitrogen and oxygen atoms in total. The second-order valence-corrected chi connectivity index (χ2v) is 6.47. The van der Waals surface area contributed by atoms with Crippen LogP contribution in [-0.2, 0) is 0 Å². The van der Waals surface area contributed by atoms with E-state index in [0.29, 0.717) is 20.8 Å². The number of rotatable bonds is 2. The van der Waals surface area contributed by atoms with Crippen molar-refractivity contribution in [2.75, 3.05) is 5.32 Å². The van der Waals surface area contributed by atoms with Gasteiger partial charge in [-0.1, -0.05) is 46.9 Å². The molecular weight excluding hydrogens is 339 g/mol. The summed E-state index contributed by atoms with van der Waals surface area (Å²) in [7, 11) is 0. The number of anilines is 2. The molecule has 3 rings (SSSR count). The predicted octanol–water partition coefficient (Wildman–Crippen LogP) is 6.56. The van der Waals surface area contributed by atoms with Gasteiger partial charge >= 0.3 is 0 Å². The minimum Gasteiger partial charge on any atom is -0.338 e. The lowest BCUT2D eigenvalue weighted by molar-refractivity contribution is 1.30. The SMILES string of the molecule is Cc1ccc2cc(C)c(Nc3c(Cl)cc(Cl)cc3Cl)nc2c1. The Kier molecular flexibility index (Phi) is 4.18. The van der Waals surface area contributed by atoms with E-state index in [4.69, 9.17) is 34.8 Å². The van der Waals surface area contributed by atoms with Crippen LogP contribution in [0, 0.1) is 13.8 Å². The highest BCUT2D eigenvalue weighted by molar-refractivity contribution is 6.41. The number of hydrogen-bond acceptors (Lipinski definition) is 2. The van der Waals surface area contributed by atoms with Gasteiger partial charge in [-0.3, -0.25) is 0 Å². The van der Waals surface area contributed by atoms with Crippen LogP contribution in [0.2, 0.25) is 15.1 Å². The second-order valence-electron chi connectivity index (χ2n) is 5.22. The minimum absolute atomic E-state index is 0.461. The van der Waals surface area contributed by atoms with Crippen molar-refractivity contribution < 1.29 is 0 Å². The molecule has 112 valence electrons. The van der Waals surface area contributed by atoms with E-state index in [0.717, 1.165) is 27.8 Å². The number of hydrogen-bond donors (Lipinski definition) is 1. The summed E-state index contributed by atoms with van der Waals surface area (Å²) in [4.78, 5) is 4.67. The number of pyridine rings is 1. The van der Waals surface area contributed by atoms with Crippen LogP contribution in [0.5, 0.6) is 0 Å². The Morgan fingerprint density at radius 2 is 1.59 bits per heavy atom. The first-order valence-electron chi connectivity index (χ1n) is 6.73. The molecule has 0 bridgehead atoms. The summed E-state index contributed by atoms with van der Waals surface area (Å²) >= 11 is 18.4. The zero-order chi connectivity index (χ0) is 15.9. The molecule has 3 aromatic rings. The van der Waals surface area contributed by atoms with Gasteiger partial charge in [-0.05, 0) is 49.2 Å². The average molecular weight is 352 g/mol. The molecule has 0 aliphatic rings. The molecule has 0 aliphatic carbocycles.